The lowest BCUT2D eigenvalue weighted by molar-refractivity contribution is -0.119. The van der Waals surface area contributed by atoms with Crippen molar-refractivity contribution in [1.82, 2.24) is 5.32 Å². The van der Waals surface area contributed by atoms with Gasteiger partial charge in [-0.1, -0.05) is 18.7 Å². The lowest BCUT2D eigenvalue weighted by atomic mass is 9.98. The zero-order valence-corrected chi connectivity index (χ0v) is 21.8. The van der Waals surface area contributed by atoms with E-state index < -0.39 is 0 Å². The van der Waals surface area contributed by atoms with Gasteiger partial charge in [0.05, 0.1) is 39.5 Å². The van der Waals surface area contributed by atoms with Gasteiger partial charge < -0.3 is 24.6 Å². The van der Waals surface area contributed by atoms with Gasteiger partial charge in [-0.2, -0.15) is 0 Å². The van der Waals surface area contributed by atoms with Crippen LogP contribution in [0.4, 0.5) is 4.39 Å². The van der Waals surface area contributed by atoms with Crippen molar-refractivity contribution in [3.8, 4) is 17.2 Å². The molecular formula is C29H31BFN2O5. The smallest absolute Gasteiger partial charge is 0.290 e. The number of ether oxygens (including phenoxy) is 3. The number of amides is 1. The molecule has 9 heteroatoms. The molecule has 1 amide bonds. The first-order valence-corrected chi connectivity index (χ1v) is 12.0. The maximum Gasteiger partial charge on any atom is 0.290 e. The van der Waals surface area contributed by atoms with Gasteiger partial charge in [-0.15, -0.1) is 0 Å². The molecule has 1 aliphatic rings. The number of hydrogen-bond donors (Lipinski definition) is 2. The van der Waals surface area contributed by atoms with Crippen LogP contribution in [0.5, 0.6) is 17.2 Å². The van der Waals surface area contributed by atoms with E-state index in [0.717, 1.165) is 35.3 Å². The molecule has 3 rings (SSSR count). The monoisotopic (exact) mass is 517 g/mol. The Morgan fingerprint density at radius 2 is 1.89 bits per heavy atom. The van der Waals surface area contributed by atoms with Crippen LogP contribution in [0.2, 0.25) is 6.32 Å². The van der Waals surface area contributed by atoms with E-state index in [4.69, 9.17) is 19.2 Å². The van der Waals surface area contributed by atoms with Crippen LogP contribution in [-0.2, 0) is 4.79 Å². The van der Waals surface area contributed by atoms with Crippen LogP contribution in [0.1, 0.15) is 30.0 Å². The van der Waals surface area contributed by atoms with E-state index >= 15 is 0 Å². The number of fused-ring (bicyclic) bond motifs is 1. The Morgan fingerprint density at radius 1 is 1.18 bits per heavy atom. The molecule has 2 aromatic rings. The summed E-state index contributed by atoms with van der Waals surface area (Å²) in [6.45, 7) is 9.51. The Labute approximate surface area is 223 Å². The van der Waals surface area contributed by atoms with Gasteiger partial charge in [0, 0.05) is 0 Å². The minimum atomic E-state index is -0.382. The van der Waals surface area contributed by atoms with Gasteiger partial charge in [0.2, 0.25) is 11.7 Å². The fourth-order valence-corrected chi connectivity index (χ4v) is 4.20. The van der Waals surface area contributed by atoms with Gasteiger partial charge in [-0.05, 0) is 89.8 Å². The number of carbonyl (C=O) groups is 1. The summed E-state index contributed by atoms with van der Waals surface area (Å²) in [6.07, 6.45) is 5.61. The Balaban J connectivity index is 1.99. The zero-order valence-electron chi connectivity index (χ0n) is 21.8. The number of halogens is 1. The summed E-state index contributed by atoms with van der Waals surface area (Å²) in [5.41, 5.74) is 5.31. The first-order chi connectivity index (χ1) is 18.4. The van der Waals surface area contributed by atoms with E-state index in [2.05, 4.69) is 23.6 Å². The number of rotatable bonds is 13. The van der Waals surface area contributed by atoms with Crippen molar-refractivity contribution < 1.29 is 28.4 Å². The maximum absolute atomic E-state index is 14.3. The van der Waals surface area contributed by atoms with Crippen LogP contribution in [-0.4, -0.2) is 52.5 Å². The van der Waals surface area contributed by atoms with E-state index in [-0.39, 0.29) is 31.3 Å². The van der Waals surface area contributed by atoms with Crippen LogP contribution in [0.3, 0.4) is 0 Å². The van der Waals surface area contributed by atoms with Gasteiger partial charge in [-0.3, -0.25) is 9.79 Å². The van der Waals surface area contributed by atoms with Crippen LogP contribution < -0.4 is 19.5 Å². The van der Waals surface area contributed by atoms with Crippen molar-refractivity contribution in [2.45, 2.75) is 19.7 Å². The molecule has 0 unspecified atom stereocenters. The van der Waals surface area contributed by atoms with Crippen LogP contribution >= 0.6 is 0 Å². The van der Waals surface area contributed by atoms with Gasteiger partial charge in [0.1, 0.15) is 5.82 Å². The van der Waals surface area contributed by atoms with E-state index in [1.54, 1.807) is 18.2 Å². The first kappa shape index (κ1) is 28.5. The van der Waals surface area contributed by atoms with Crippen molar-refractivity contribution in [1.29, 1.82) is 0 Å². The number of aliphatic imine (C=N–C) groups is 1. The number of nitrogens with zero attached hydrogens (tertiary/aromatic N) is 1. The normalized spacial score (nSPS) is 13.7. The topological polar surface area (TPSA) is 89.4 Å². The Morgan fingerprint density at radius 3 is 2.50 bits per heavy atom. The molecule has 0 atom stereocenters. The summed E-state index contributed by atoms with van der Waals surface area (Å²) >= 11 is 0. The number of carbonyl (C=O) groups excluding carboxylic acids is 1. The molecule has 1 radical (unpaired) electrons. The summed E-state index contributed by atoms with van der Waals surface area (Å²) in [4.78, 5) is 16.7. The second-order valence-electron chi connectivity index (χ2n) is 8.43. The molecule has 197 valence electrons. The van der Waals surface area contributed by atoms with Crippen molar-refractivity contribution in [2.75, 3.05) is 27.4 Å². The van der Waals surface area contributed by atoms with E-state index in [0.29, 0.717) is 34.8 Å². The lowest BCUT2D eigenvalue weighted by Crippen LogP contribution is -2.25. The molecule has 0 aromatic heterocycles. The molecule has 0 spiro atoms. The maximum atomic E-state index is 14.3. The number of methoxy groups -OCH3 is 2. The number of nitrogens with one attached hydrogen (secondary N) is 1. The van der Waals surface area contributed by atoms with Crippen molar-refractivity contribution >= 4 is 37.3 Å². The number of allylic oxidation sites excluding steroid dienone is 4. The third kappa shape index (κ3) is 6.60. The molecule has 38 heavy (non-hydrogen) atoms. The highest BCUT2D eigenvalue weighted by molar-refractivity contribution is 6.25. The SMILES string of the molecule is C=C/C=C(/CNC(=O)CC1=C(C)/C(=C/c2cc(OC)c(OCC[B]O)c(OC)c2)c2ccc(F)cc21)N=C. The van der Waals surface area contributed by atoms with Crippen LogP contribution in [0.15, 0.2) is 65.3 Å². The standard InChI is InChI=1S/C29H31BFN2O5/c1-6-7-21(32-3)17-33-28(34)16-24-18(2)23(22-9-8-20(31)15-25(22)24)12-19-13-26(36-4)29(27(14-19)37-5)38-11-10-30-35/h6-9,12-15,35H,1,3,10-11,16-17H2,2,4-5H3,(H,33,34)/b21-7-,23-12-. The molecule has 0 saturated carbocycles. The molecule has 0 aliphatic heterocycles. The lowest BCUT2D eigenvalue weighted by Gasteiger charge is -2.15. The number of benzene rings is 2. The van der Waals surface area contributed by atoms with Crippen molar-refractivity contribution in [2.24, 2.45) is 4.99 Å². The largest absolute Gasteiger partial charge is 0.493 e. The average molecular weight is 517 g/mol. The van der Waals surface area contributed by atoms with E-state index in [1.807, 2.05) is 25.1 Å². The molecule has 0 fully saturated rings. The van der Waals surface area contributed by atoms with Crippen molar-refractivity contribution in [3.05, 3.63) is 82.8 Å². The summed E-state index contributed by atoms with van der Waals surface area (Å²) in [5, 5.41) is 11.8. The second-order valence-corrected chi connectivity index (χ2v) is 8.43. The van der Waals surface area contributed by atoms with Gasteiger partial charge in [0.15, 0.2) is 11.5 Å². The fraction of sp³-hybridized carbons (Fsp3) is 0.241. The molecule has 1 aliphatic carbocycles. The Bertz CT molecular complexity index is 1290. The Hall–Kier alpha value is -4.11. The third-order valence-electron chi connectivity index (χ3n) is 6.06. The molecule has 0 bridgehead atoms. The second kappa shape index (κ2) is 13.4. The molecule has 0 heterocycles. The number of hydrogen-bond acceptors (Lipinski definition) is 6. The van der Waals surface area contributed by atoms with Crippen LogP contribution in [0, 0.1) is 5.82 Å². The molecule has 7 nitrogen and oxygen atoms in total. The molecule has 2 N–H and O–H groups in total. The fourth-order valence-electron chi connectivity index (χ4n) is 4.20. The summed E-state index contributed by atoms with van der Waals surface area (Å²) in [5.74, 6) is 0.752. The van der Waals surface area contributed by atoms with Crippen molar-refractivity contribution in [3.63, 3.8) is 0 Å². The molecule has 2 aromatic carbocycles. The van der Waals surface area contributed by atoms with E-state index in [9.17, 15) is 9.18 Å². The van der Waals surface area contributed by atoms with E-state index in [1.165, 1.54) is 26.4 Å². The highest BCUT2D eigenvalue weighted by atomic mass is 19.1. The minimum absolute atomic E-state index is 0.0689. The highest BCUT2D eigenvalue weighted by Gasteiger charge is 2.26. The highest BCUT2D eigenvalue weighted by Crippen LogP contribution is 2.45. The average Bonchev–Trinajstić information content (AvgIpc) is 3.16. The van der Waals surface area contributed by atoms with Gasteiger partial charge in [0.25, 0.3) is 7.48 Å². The molecule has 0 saturated heterocycles. The minimum Gasteiger partial charge on any atom is -0.493 e. The quantitative estimate of drug-likeness (QED) is 0.172. The summed E-state index contributed by atoms with van der Waals surface area (Å²) in [6, 6.07) is 8.19. The van der Waals surface area contributed by atoms with Crippen LogP contribution in [0.25, 0.3) is 17.2 Å². The van der Waals surface area contributed by atoms with Gasteiger partial charge in [-0.25, -0.2) is 4.39 Å². The third-order valence-corrected chi connectivity index (χ3v) is 6.06. The van der Waals surface area contributed by atoms with Gasteiger partial charge >= 0.3 is 0 Å². The predicted octanol–water partition coefficient (Wildman–Crippen LogP) is 4.86. The molecular weight excluding hydrogens is 486 g/mol. The first-order valence-electron chi connectivity index (χ1n) is 12.0. The zero-order chi connectivity index (χ0) is 27.7. The Kier molecular flexibility index (Phi) is 10.1. The summed E-state index contributed by atoms with van der Waals surface area (Å²) < 4.78 is 31.1. The summed E-state index contributed by atoms with van der Waals surface area (Å²) in [7, 11) is 4.09. The predicted molar refractivity (Wildman–Crippen MR) is 150 cm³/mol.